The van der Waals surface area contributed by atoms with Crippen LogP contribution in [-0.2, 0) is 6.54 Å². The Labute approximate surface area is 117 Å². The molecule has 0 saturated heterocycles. The number of nitrogens with two attached hydrogens (primary N) is 1. The zero-order valence-electron chi connectivity index (χ0n) is 11.0. The van der Waals surface area contributed by atoms with Gasteiger partial charge >= 0.3 is 0 Å². The molecule has 102 valence electrons. The van der Waals surface area contributed by atoms with Crippen molar-refractivity contribution in [3.8, 4) is 6.07 Å². The zero-order valence-corrected chi connectivity index (χ0v) is 11.0. The number of carbonyl (C=O) groups is 1. The fraction of sp³-hybridized carbons (Fsp3) is 0.200. The van der Waals surface area contributed by atoms with Gasteiger partial charge in [-0.1, -0.05) is 12.1 Å². The summed E-state index contributed by atoms with van der Waals surface area (Å²) >= 11 is 0. The molecule has 0 bridgehead atoms. The van der Waals surface area contributed by atoms with Crippen molar-refractivity contribution in [3.63, 3.8) is 0 Å². The molecule has 2 N–H and O–H groups in total. The summed E-state index contributed by atoms with van der Waals surface area (Å²) in [6, 6.07) is 12.5. The minimum absolute atomic E-state index is 0.199. The largest absolute Gasteiger partial charge is 0.467 e. The van der Waals surface area contributed by atoms with Gasteiger partial charge in [-0.2, -0.15) is 5.26 Å². The summed E-state index contributed by atoms with van der Waals surface area (Å²) in [6.45, 7) is 0.659. The molecular weight excluding hydrogens is 254 g/mol. The quantitative estimate of drug-likeness (QED) is 0.845. The second-order valence-corrected chi connectivity index (χ2v) is 4.30. The Balaban J connectivity index is 2.20. The van der Waals surface area contributed by atoms with Crippen molar-refractivity contribution in [2.45, 2.75) is 13.0 Å². The number of benzene rings is 1. The number of hydrogen-bond donors (Lipinski definition) is 1. The first kappa shape index (κ1) is 13.7. The summed E-state index contributed by atoms with van der Waals surface area (Å²) in [5.41, 5.74) is 6.70. The highest BCUT2D eigenvalue weighted by molar-refractivity contribution is 5.99. The maximum atomic E-state index is 12.5. The van der Waals surface area contributed by atoms with Crippen LogP contribution in [0.1, 0.15) is 22.5 Å². The second kappa shape index (κ2) is 6.43. The zero-order chi connectivity index (χ0) is 14.4. The Morgan fingerprint density at radius 1 is 1.30 bits per heavy atom. The molecule has 5 nitrogen and oxygen atoms in total. The van der Waals surface area contributed by atoms with Crippen molar-refractivity contribution in [1.29, 1.82) is 5.26 Å². The summed E-state index contributed by atoms with van der Waals surface area (Å²) < 4.78 is 5.25. The molecule has 0 aliphatic heterocycles. The third-order valence-electron chi connectivity index (χ3n) is 2.90. The average molecular weight is 269 g/mol. The first-order valence-corrected chi connectivity index (χ1v) is 6.25. The number of para-hydroxylation sites is 1. The molecule has 2 aromatic rings. The van der Waals surface area contributed by atoms with Crippen molar-refractivity contribution in [2.24, 2.45) is 0 Å². The van der Waals surface area contributed by atoms with Gasteiger partial charge in [-0.15, -0.1) is 0 Å². The first-order valence-electron chi connectivity index (χ1n) is 6.25. The van der Waals surface area contributed by atoms with Gasteiger partial charge in [0, 0.05) is 12.2 Å². The highest BCUT2D eigenvalue weighted by atomic mass is 16.3. The topological polar surface area (TPSA) is 83.3 Å². The molecule has 0 aliphatic rings. The Morgan fingerprint density at radius 3 is 2.75 bits per heavy atom. The Bertz CT molecular complexity index is 614. The van der Waals surface area contributed by atoms with Crippen LogP contribution in [0.3, 0.4) is 0 Å². The molecule has 2 rings (SSSR count). The third-order valence-corrected chi connectivity index (χ3v) is 2.90. The van der Waals surface area contributed by atoms with Gasteiger partial charge in [-0.3, -0.25) is 4.79 Å². The molecule has 0 fully saturated rings. The van der Waals surface area contributed by atoms with Gasteiger partial charge in [0.05, 0.1) is 30.9 Å². The summed E-state index contributed by atoms with van der Waals surface area (Å²) in [6.07, 6.45) is 1.82. The molecule has 1 amide bonds. The van der Waals surface area contributed by atoms with Crippen LogP contribution in [0.2, 0.25) is 0 Å². The number of nitriles is 1. The van der Waals surface area contributed by atoms with Crippen molar-refractivity contribution in [2.75, 3.05) is 12.3 Å². The summed E-state index contributed by atoms with van der Waals surface area (Å²) in [4.78, 5) is 14.1. The minimum atomic E-state index is -0.199. The van der Waals surface area contributed by atoms with E-state index in [4.69, 9.17) is 15.4 Å². The number of rotatable bonds is 5. The number of furan rings is 1. The maximum Gasteiger partial charge on any atom is 0.256 e. The maximum absolute atomic E-state index is 12.5. The summed E-state index contributed by atoms with van der Waals surface area (Å²) in [5, 5.41) is 8.71. The lowest BCUT2D eigenvalue weighted by Crippen LogP contribution is -2.31. The van der Waals surface area contributed by atoms with Crippen LogP contribution in [0.5, 0.6) is 0 Å². The molecule has 1 heterocycles. The van der Waals surface area contributed by atoms with Crippen LogP contribution in [0.4, 0.5) is 5.69 Å². The molecule has 1 aromatic heterocycles. The van der Waals surface area contributed by atoms with Gasteiger partial charge in [0.15, 0.2) is 0 Å². The molecule has 20 heavy (non-hydrogen) atoms. The number of amides is 1. The highest BCUT2D eigenvalue weighted by Gasteiger charge is 2.18. The van der Waals surface area contributed by atoms with E-state index >= 15 is 0 Å². The van der Waals surface area contributed by atoms with E-state index in [1.54, 1.807) is 47.6 Å². The van der Waals surface area contributed by atoms with Crippen LogP contribution in [0.25, 0.3) is 0 Å². The van der Waals surface area contributed by atoms with E-state index in [1.165, 1.54) is 0 Å². The van der Waals surface area contributed by atoms with Crippen molar-refractivity contribution < 1.29 is 9.21 Å². The first-order chi connectivity index (χ1) is 9.72. The standard InChI is InChI=1S/C15H15N3O2/c16-8-4-9-18(11-12-5-3-10-20-12)15(19)13-6-1-2-7-14(13)17/h1-3,5-7,10H,4,9,11,17H2. The minimum Gasteiger partial charge on any atom is -0.467 e. The molecule has 0 saturated carbocycles. The fourth-order valence-electron chi connectivity index (χ4n) is 1.89. The van der Waals surface area contributed by atoms with Crippen LogP contribution in [0.15, 0.2) is 47.1 Å². The fourth-order valence-corrected chi connectivity index (χ4v) is 1.89. The van der Waals surface area contributed by atoms with E-state index < -0.39 is 0 Å². The van der Waals surface area contributed by atoms with Gasteiger partial charge in [0.1, 0.15) is 5.76 Å². The normalized spacial score (nSPS) is 9.95. The van der Waals surface area contributed by atoms with Crippen molar-refractivity contribution >= 4 is 11.6 Å². The van der Waals surface area contributed by atoms with E-state index in [9.17, 15) is 4.79 Å². The van der Waals surface area contributed by atoms with Gasteiger partial charge in [0.25, 0.3) is 5.91 Å². The molecule has 0 radical (unpaired) electrons. The lowest BCUT2D eigenvalue weighted by atomic mass is 10.1. The molecule has 0 spiro atoms. The number of nitrogens with zero attached hydrogens (tertiary/aromatic N) is 2. The lowest BCUT2D eigenvalue weighted by molar-refractivity contribution is 0.0736. The predicted molar refractivity (Wildman–Crippen MR) is 74.5 cm³/mol. The van der Waals surface area contributed by atoms with Crippen molar-refractivity contribution in [1.82, 2.24) is 4.90 Å². The van der Waals surface area contributed by atoms with Crippen LogP contribution in [0, 0.1) is 11.3 Å². The number of hydrogen-bond acceptors (Lipinski definition) is 4. The Kier molecular flexibility index (Phi) is 4.40. The summed E-state index contributed by atoms with van der Waals surface area (Å²) in [5.74, 6) is 0.473. The Hall–Kier alpha value is -2.74. The predicted octanol–water partition coefficient (Wildman–Crippen LogP) is 2.42. The van der Waals surface area contributed by atoms with E-state index in [0.717, 1.165) is 0 Å². The van der Waals surface area contributed by atoms with Gasteiger partial charge < -0.3 is 15.1 Å². The van der Waals surface area contributed by atoms with Gasteiger partial charge in [-0.25, -0.2) is 0 Å². The van der Waals surface area contributed by atoms with E-state index in [0.29, 0.717) is 30.1 Å². The Morgan fingerprint density at radius 2 is 2.10 bits per heavy atom. The van der Waals surface area contributed by atoms with E-state index in [2.05, 4.69) is 0 Å². The third kappa shape index (κ3) is 3.18. The average Bonchev–Trinajstić information content (AvgIpc) is 2.96. The monoisotopic (exact) mass is 269 g/mol. The van der Waals surface area contributed by atoms with E-state index in [1.807, 2.05) is 6.07 Å². The van der Waals surface area contributed by atoms with Crippen LogP contribution < -0.4 is 5.73 Å². The highest BCUT2D eigenvalue weighted by Crippen LogP contribution is 2.16. The summed E-state index contributed by atoms with van der Waals surface area (Å²) in [7, 11) is 0. The molecule has 0 atom stereocenters. The van der Waals surface area contributed by atoms with Crippen LogP contribution >= 0.6 is 0 Å². The lowest BCUT2D eigenvalue weighted by Gasteiger charge is -2.21. The van der Waals surface area contributed by atoms with Crippen LogP contribution in [-0.4, -0.2) is 17.4 Å². The second-order valence-electron chi connectivity index (χ2n) is 4.30. The number of nitrogen functional groups attached to an aromatic ring is 1. The molecule has 0 unspecified atom stereocenters. The molecule has 0 aliphatic carbocycles. The van der Waals surface area contributed by atoms with Gasteiger partial charge in [-0.05, 0) is 24.3 Å². The number of anilines is 1. The smallest absolute Gasteiger partial charge is 0.256 e. The molecule has 5 heteroatoms. The SMILES string of the molecule is N#CCCN(Cc1ccco1)C(=O)c1ccccc1N. The van der Waals surface area contributed by atoms with Gasteiger partial charge in [0.2, 0.25) is 0 Å². The molecular formula is C15H15N3O2. The van der Waals surface area contributed by atoms with Crippen molar-refractivity contribution in [3.05, 3.63) is 54.0 Å². The molecule has 1 aromatic carbocycles. The van der Waals surface area contributed by atoms with E-state index in [-0.39, 0.29) is 12.3 Å². The number of carbonyl (C=O) groups excluding carboxylic acids is 1.